The van der Waals surface area contributed by atoms with Gasteiger partial charge in [0.15, 0.2) is 0 Å². The summed E-state index contributed by atoms with van der Waals surface area (Å²) in [6.45, 7) is 1.19. The maximum absolute atomic E-state index is 13.0. The van der Waals surface area contributed by atoms with Crippen molar-refractivity contribution in [3.05, 3.63) is 64.4 Å². The largest absolute Gasteiger partial charge is 0.573 e. The Balaban J connectivity index is 1.96. The average molecular weight is 431 g/mol. The van der Waals surface area contributed by atoms with E-state index in [9.17, 15) is 27.6 Å². The minimum absolute atomic E-state index is 0.0181. The number of hydrogen-bond acceptors (Lipinski definition) is 4. The maximum Gasteiger partial charge on any atom is 0.573 e. The Kier molecular flexibility index (Phi) is 7.06. The third-order valence-electron chi connectivity index (χ3n) is 3.65. The first-order valence-electron chi connectivity index (χ1n) is 8.12. The topological polar surface area (TPSA) is 71.3 Å². The number of nitrogens with zero attached hydrogens (tertiary/aromatic N) is 1. The predicted molar refractivity (Wildman–Crippen MR) is 95.7 cm³/mol. The van der Waals surface area contributed by atoms with Crippen molar-refractivity contribution < 1.29 is 31.8 Å². The number of benzene rings is 2. The smallest absolute Gasteiger partial charge is 0.406 e. The van der Waals surface area contributed by atoms with Crippen molar-refractivity contribution in [1.82, 2.24) is 5.32 Å². The second-order valence-corrected chi connectivity index (χ2v) is 6.61. The van der Waals surface area contributed by atoms with Gasteiger partial charge in [-0.2, -0.15) is 5.26 Å². The Labute approximate surface area is 168 Å². The van der Waals surface area contributed by atoms with Crippen molar-refractivity contribution in [2.45, 2.75) is 25.4 Å². The molecule has 1 atom stereocenters. The van der Waals surface area contributed by atoms with Crippen LogP contribution in [0.25, 0.3) is 0 Å². The molecule has 0 aliphatic carbocycles. The lowest BCUT2D eigenvalue weighted by Crippen LogP contribution is -2.48. The Morgan fingerprint density at radius 2 is 1.86 bits per heavy atom. The number of carbonyl (C=O) groups is 1. The summed E-state index contributed by atoms with van der Waals surface area (Å²) in [6.07, 6.45) is -4.84. The second-order valence-electron chi connectivity index (χ2n) is 6.20. The van der Waals surface area contributed by atoms with Crippen LogP contribution in [0.4, 0.5) is 17.6 Å². The van der Waals surface area contributed by atoms with Crippen LogP contribution < -0.4 is 10.1 Å². The van der Waals surface area contributed by atoms with Crippen LogP contribution in [-0.4, -0.2) is 24.4 Å². The van der Waals surface area contributed by atoms with E-state index in [1.54, 1.807) is 0 Å². The van der Waals surface area contributed by atoms with E-state index in [0.29, 0.717) is 5.56 Å². The zero-order valence-electron chi connectivity index (χ0n) is 15.0. The number of carbonyl (C=O) groups excluding carboxylic acids is 1. The number of amides is 1. The van der Waals surface area contributed by atoms with E-state index in [1.165, 1.54) is 19.1 Å². The van der Waals surface area contributed by atoms with Gasteiger partial charge in [0.05, 0.1) is 19.3 Å². The van der Waals surface area contributed by atoms with Crippen LogP contribution in [0.5, 0.6) is 5.75 Å². The van der Waals surface area contributed by atoms with Crippen LogP contribution in [0.2, 0.25) is 5.02 Å². The highest BCUT2D eigenvalue weighted by Crippen LogP contribution is 2.23. The van der Waals surface area contributed by atoms with Crippen molar-refractivity contribution in [3.8, 4) is 11.8 Å². The highest BCUT2D eigenvalue weighted by molar-refractivity contribution is 6.31. The van der Waals surface area contributed by atoms with Gasteiger partial charge in [-0.05, 0) is 48.9 Å². The van der Waals surface area contributed by atoms with E-state index in [2.05, 4.69) is 10.1 Å². The molecule has 0 fully saturated rings. The van der Waals surface area contributed by atoms with E-state index in [0.717, 1.165) is 30.3 Å². The highest BCUT2D eigenvalue weighted by Gasteiger charge is 2.31. The molecule has 0 saturated heterocycles. The molecule has 2 aromatic carbocycles. The van der Waals surface area contributed by atoms with Crippen molar-refractivity contribution >= 4 is 17.5 Å². The number of halogens is 5. The summed E-state index contributed by atoms with van der Waals surface area (Å²) in [4.78, 5) is 12.3. The van der Waals surface area contributed by atoms with Crippen LogP contribution in [0.15, 0.2) is 42.5 Å². The van der Waals surface area contributed by atoms with Gasteiger partial charge in [-0.1, -0.05) is 17.7 Å². The van der Waals surface area contributed by atoms with E-state index < -0.39 is 29.4 Å². The minimum Gasteiger partial charge on any atom is -0.406 e. The molecule has 2 aromatic rings. The molecule has 5 nitrogen and oxygen atoms in total. The lowest BCUT2D eigenvalue weighted by molar-refractivity contribution is -0.274. The molecule has 154 valence electrons. The molecule has 2 rings (SSSR count). The maximum atomic E-state index is 13.0. The van der Waals surface area contributed by atoms with E-state index >= 15 is 0 Å². The first-order valence-corrected chi connectivity index (χ1v) is 8.50. The molecule has 0 aliphatic heterocycles. The van der Waals surface area contributed by atoms with Crippen molar-refractivity contribution in [3.63, 3.8) is 0 Å². The molecule has 1 N–H and O–H groups in total. The molecule has 1 amide bonds. The number of nitrogens with one attached hydrogen (secondary N) is 1. The fraction of sp³-hybridized carbons (Fsp3) is 0.263. The molecule has 1 unspecified atom stereocenters. The van der Waals surface area contributed by atoms with Crippen LogP contribution in [0, 0.1) is 17.1 Å². The van der Waals surface area contributed by atoms with Gasteiger partial charge in [0.2, 0.25) is 0 Å². The van der Waals surface area contributed by atoms with Gasteiger partial charge in [0.1, 0.15) is 17.1 Å². The molecular weight excluding hydrogens is 416 g/mol. The Morgan fingerprint density at radius 3 is 2.41 bits per heavy atom. The molecule has 10 heteroatoms. The Morgan fingerprint density at radius 1 is 1.21 bits per heavy atom. The third-order valence-corrected chi connectivity index (χ3v) is 4.00. The average Bonchev–Trinajstić information content (AvgIpc) is 2.63. The van der Waals surface area contributed by atoms with E-state index in [1.807, 2.05) is 6.07 Å². The van der Waals surface area contributed by atoms with Gasteiger partial charge >= 0.3 is 6.36 Å². The number of hydrogen-bond donors (Lipinski definition) is 1. The predicted octanol–water partition coefficient (Wildman–Crippen LogP) is 4.61. The standard InChI is InChI=1S/C19H15ClF4N2O3/c1-18(10-25,11-28-9-13-2-5-14(21)8-16(13)20)26-17(27)12-3-6-15(7-4-12)29-19(22,23)24/h2-8H,9,11H2,1H3,(H,26,27). The summed E-state index contributed by atoms with van der Waals surface area (Å²) in [5.41, 5.74) is -0.896. The van der Waals surface area contributed by atoms with Gasteiger partial charge < -0.3 is 14.8 Å². The van der Waals surface area contributed by atoms with Crippen LogP contribution in [0.1, 0.15) is 22.8 Å². The zero-order chi connectivity index (χ0) is 21.7. The fourth-order valence-corrected chi connectivity index (χ4v) is 2.45. The number of ether oxygens (including phenoxy) is 2. The van der Waals surface area contributed by atoms with Crippen molar-refractivity contribution in [1.29, 1.82) is 5.26 Å². The summed E-state index contributed by atoms with van der Waals surface area (Å²) in [5, 5.41) is 12.0. The SMILES string of the molecule is CC(C#N)(COCc1ccc(F)cc1Cl)NC(=O)c1ccc(OC(F)(F)F)cc1. The Hall–Kier alpha value is -2.83. The fourth-order valence-electron chi connectivity index (χ4n) is 2.23. The monoisotopic (exact) mass is 430 g/mol. The summed E-state index contributed by atoms with van der Waals surface area (Å²) in [6, 6.07) is 9.91. The molecule has 29 heavy (non-hydrogen) atoms. The third kappa shape index (κ3) is 6.93. The van der Waals surface area contributed by atoms with Gasteiger partial charge in [0.25, 0.3) is 5.91 Å². The summed E-state index contributed by atoms with van der Waals surface area (Å²) < 4.78 is 58.7. The molecule has 0 bridgehead atoms. The van der Waals surface area contributed by atoms with Crippen LogP contribution in [0.3, 0.4) is 0 Å². The van der Waals surface area contributed by atoms with Gasteiger partial charge in [-0.3, -0.25) is 4.79 Å². The van der Waals surface area contributed by atoms with E-state index in [-0.39, 0.29) is 23.8 Å². The Bertz CT molecular complexity index is 913. The lowest BCUT2D eigenvalue weighted by Gasteiger charge is -2.23. The minimum atomic E-state index is -4.84. The molecule has 0 saturated carbocycles. The normalized spacial score (nSPS) is 13.3. The van der Waals surface area contributed by atoms with Crippen molar-refractivity contribution in [2.24, 2.45) is 0 Å². The van der Waals surface area contributed by atoms with E-state index in [4.69, 9.17) is 16.3 Å². The first-order chi connectivity index (χ1) is 13.5. The number of alkyl halides is 3. The first kappa shape index (κ1) is 22.5. The summed E-state index contributed by atoms with van der Waals surface area (Å²) >= 11 is 5.90. The van der Waals surface area contributed by atoms with Gasteiger partial charge in [-0.15, -0.1) is 13.2 Å². The molecule has 0 radical (unpaired) electrons. The number of nitriles is 1. The van der Waals surface area contributed by atoms with Crippen LogP contribution >= 0.6 is 11.6 Å². The molecule has 0 aliphatic rings. The second kappa shape index (κ2) is 9.11. The lowest BCUT2D eigenvalue weighted by atomic mass is 10.0. The van der Waals surface area contributed by atoms with Gasteiger partial charge in [-0.25, -0.2) is 4.39 Å². The molecule has 0 aromatic heterocycles. The van der Waals surface area contributed by atoms with Gasteiger partial charge in [0, 0.05) is 10.6 Å². The van der Waals surface area contributed by atoms with Crippen LogP contribution in [-0.2, 0) is 11.3 Å². The quantitative estimate of drug-likeness (QED) is 0.651. The molecule has 0 heterocycles. The zero-order valence-corrected chi connectivity index (χ0v) is 15.8. The summed E-state index contributed by atoms with van der Waals surface area (Å²) in [5.74, 6) is -1.66. The molecule has 0 spiro atoms. The summed E-state index contributed by atoms with van der Waals surface area (Å²) in [7, 11) is 0. The number of rotatable bonds is 7. The highest BCUT2D eigenvalue weighted by atomic mass is 35.5. The van der Waals surface area contributed by atoms with Crippen molar-refractivity contribution in [2.75, 3.05) is 6.61 Å². The molecular formula is C19H15ClF4N2O3.